The molecule has 0 aromatic heterocycles. The number of hydrogen-bond donors (Lipinski definition) is 1. The largest absolute Gasteiger partial charge is 0.444 e. The second kappa shape index (κ2) is 4.84. The molecule has 0 aromatic carbocycles. The zero-order valence-corrected chi connectivity index (χ0v) is 9.82. The lowest BCUT2D eigenvalue weighted by Crippen LogP contribution is -2.37. The van der Waals surface area contributed by atoms with E-state index in [-0.39, 0.29) is 12.2 Å². The van der Waals surface area contributed by atoms with E-state index >= 15 is 0 Å². The van der Waals surface area contributed by atoms with Crippen LogP contribution in [0.1, 0.15) is 40.0 Å². The molecule has 1 aliphatic heterocycles. The molecule has 1 saturated heterocycles. The van der Waals surface area contributed by atoms with Gasteiger partial charge in [0.25, 0.3) is 0 Å². The fourth-order valence-electron chi connectivity index (χ4n) is 1.59. The molecule has 15 heavy (non-hydrogen) atoms. The van der Waals surface area contributed by atoms with Gasteiger partial charge in [-0.05, 0) is 40.0 Å². The molecule has 0 saturated carbocycles. The first-order valence-electron chi connectivity index (χ1n) is 5.54. The molecule has 4 nitrogen and oxygen atoms in total. The highest BCUT2D eigenvalue weighted by molar-refractivity contribution is 5.68. The van der Waals surface area contributed by atoms with Crippen molar-refractivity contribution in [2.45, 2.75) is 51.7 Å². The highest BCUT2D eigenvalue weighted by Crippen LogP contribution is 2.15. The van der Waals surface area contributed by atoms with Crippen LogP contribution in [-0.2, 0) is 4.74 Å². The lowest BCUT2D eigenvalue weighted by molar-refractivity contribution is 0.0251. The van der Waals surface area contributed by atoms with Crippen molar-refractivity contribution in [1.82, 2.24) is 4.90 Å². The number of aliphatic hydroxyl groups excluding tert-OH is 1. The summed E-state index contributed by atoms with van der Waals surface area (Å²) in [5.74, 6) is 0. The Morgan fingerprint density at radius 2 is 2.00 bits per heavy atom. The predicted molar refractivity (Wildman–Crippen MR) is 57.7 cm³/mol. The number of carbonyl (C=O) groups is 1. The van der Waals surface area contributed by atoms with Crippen LogP contribution in [0.3, 0.4) is 0 Å². The van der Waals surface area contributed by atoms with Crippen LogP contribution in [0.2, 0.25) is 0 Å². The van der Waals surface area contributed by atoms with E-state index in [1.807, 2.05) is 20.8 Å². The van der Waals surface area contributed by atoms with Crippen LogP contribution >= 0.6 is 0 Å². The number of aliphatic hydroxyl groups is 1. The number of rotatable bonds is 0. The summed E-state index contributed by atoms with van der Waals surface area (Å²) in [7, 11) is 0. The van der Waals surface area contributed by atoms with Crippen LogP contribution in [0.25, 0.3) is 0 Å². The van der Waals surface area contributed by atoms with Gasteiger partial charge in [-0.3, -0.25) is 0 Å². The Bertz CT molecular complexity index is 222. The third-order valence-corrected chi connectivity index (χ3v) is 2.35. The van der Waals surface area contributed by atoms with E-state index in [1.54, 1.807) is 4.90 Å². The van der Waals surface area contributed by atoms with Gasteiger partial charge < -0.3 is 14.7 Å². The third-order valence-electron chi connectivity index (χ3n) is 2.35. The van der Waals surface area contributed by atoms with E-state index in [1.165, 1.54) is 0 Å². The minimum Gasteiger partial charge on any atom is -0.444 e. The zero-order valence-electron chi connectivity index (χ0n) is 9.82. The maximum atomic E-state index is 11.7. The van der Waals surface area contributed by atoms with E-state index in [0.717, 1.165) is 12.8 Å². The Kier molecular flexibility index (Phi) is 3.97. The summed E-state index contributed by atoms with van der Waals surface area (Å²) in [6.07, 6.45) is 1.74. The van der Waals surface area contributed by atoms with Crippen molar-refractivity contribution < 1.29 is 14.6 Å². The summed E-state index contributed by atoms with van der Waals surface area (Å²) >= 11 is 0. The minimum absolute atomic E-state index is 0.266. The standard InChI is InChI=1S/C11H21NO3/c1-11(2,3)15-10(14)12-7-4-5-9(13)6-8-12/h9,13H,4-8H2,1-3H3/t9-/m1/s1. The number of amides is 1. The highest BCUT2D eigenvalue weighted by Gasteiger charge is 2.24. The maximum absolute atomic E-state index is 11.7. The van der Waals surface area contributed by atoms with E-state index in [0.29, 0.717) is 19.5 Å². The number of hydrogen-bond acceptors (Lipinski definition) is 3. The molecule has 0 radical (unpaired) electrons. The molecule has 0 aliphatic carbocycles. The van der Waals surface area contributed by atoms with E-state index in [4.69, 9.17) is 4.74 Å². The number of likely N-dealkylation sites (tertiary alicyclic amines) is 1. The molecule has 1 heterocycles. The van der Waals surface area contributed by atoms with Crippen molar-refractivity contribution in [3.05, 3.63) is 0 Å². The summed E-state index contributed by atoms with van der Waals surface area (Å²) in [4.78, 5) is 13.4. The molecule has 1 aliphatic rings. The molecule has 1 atom stereocenters. The van der Waals surface area contributed by atoms with Gasteiger partial charge in [0.05, 0.1) is 6.10 Å². The van der Waals surface area contributed by atoms with Gasteiger partial charge in [0.15, 0.2) is 0 Å². The average molecular weight is 215 g/mol. The molecule has 1 N–H and O–H groups in total. The number of ether oxygens (including phenoxy) is 1. The average Bonchev–Trinajstić information content (AvgIpc) is 2.26. The minimum atomic E-state index is -0.442. The molecular weight excluding hydrogens is 194 g/mol. The highest BCUT2D eigenvalue weighted by atomic mass is 16.6. The molecule has 1 rings (SSSR count). The Balaban J connectivity index is 2.45. The van der Waals surface area contributed by atoms with Gasteiger partial charge in [-0.15, -0.1) is 0 Å². The van der Waals surface area contributed by atoms with Crippen molar-refractivity contribution in [2.24, 2.45) is 0 Å². The van der Waals surface area contributed by atoms with Crippen molar-refractivity contribution in [3.8, 4) is 0 Å². The fraction of sp³-hybridized carbons (Fsp3) is 0.909. The smallest absolute Gasteiger partial charge is 0.410 e. The van der Waals surface area contributed by atoms with Gasteiger partial charge in [0.1, 0.15) is 5.60 Å². The van der Waals surface area contributed by atoms with Crippen LogP contribution in [0.15, 0.2) is 0 Å². The van der Waals surface area contributed by atoms with Crippen molar-refractivity contribution >= 4 is 6.09 Å². The van der Waals surface area contributed by atoms with Gasteiger partial charge >= 0.3 is 6.09 Å². The molecule has 0 aromatic rings. The monoisotopic (exact) mass is 215 g/mol. The van der Waals surface area contributed by atoms with Gasteiger partial charge in [0.2, 0.25) is 0 Å². The molecule has 0 unspecified atom stereocenters. The first kappa shape index (κ1) is 12.3. The number of carbonyl (C=O) groups excluding carboxylic acids is 1. The normalized spacial score (nSPS) is 23.5. The van der Waals surface area contributed by atoms with Gasteiger partial charge in [-0.25, -0.2) is 4.79 Å². The molecule has 1 amide bonds. The summed E-state index contributed by atoms with van der Waals surface area (Å²) in [6, 6.07) is 0. The number of nitrogens with zero attached hydrogens (tertiary/aromatic N) is 1. The van der Waals surface area contributed by atoms with Crippen LogP contribution < -0.4 is 0 Å². The summed E-state index contributed by atoms with van der Waals surface area (Å²) in [5, 5.41) is 9.44. The molecular formula is C11H21NO3. The first-order chi connectivity index (χ1) is 6.88. The SMILES string of the molecule is CC(C)(C)OC(=O)N1CCC[C@@H](O)CC1. The lowest BCUT2D eigenvalue weighted by Gasteiger charge is -2.26. The van der Waals surface area contributed by atoms with Crippen molar-refractivity contribution in [3.63, 3.8) is 0 Å². The lowest BCUT2D eigenvalue weighted by atomic mass is 10.2. The zero-order chi connectivity index (χ0) is 11.5. The molecule has 1 fully saturated rings. The summed E-state index contributed by atoms with van der Waals surface area (Å²) in [6.45, 7) is 6.86. The Labute approximate surface area is 91.2 Å². The fourth-order valence-corrected chi connectivity index (χ4v) is 1.59. The summed E-state index contributed by atoms with van der Waals surface area (Å²) in [5.41, 5.74) is -0.442. The van der Waals surface area contributed by atoms with Crippen LogP contribution in [0.5, 0.6) is 0 Å². The van der Waals surface area contributed by atoms with Crippen LogP contribution in [0, 0.1) is 0 Å². The van der Waals surface area contributed by atoms with Crippen LogP contribution in [0.4, 0.5) is 4.79 Å². The Morgan fingerprint density at radius 3 is 2.60 bits per heavy atom. The van der Waals surface area contributed by atoms with E-state index < -0.39 is 5.60 Å². The molecule has 4 heteroatoms. The molecule has 0 spiro atoms. The van der Waals surface area contributed by atoms with Gasteiger partial charge in [-0.2, -0.15) is 0 Å². The predicted octanol–water partition coefficient (Wildman–Crippen LogP) is 1.77. The Morgan fingerprint density at radius 1 is 1.33 bits per heavy atom. The second-order valence-corrected chi connectivity index (χ2v) is 5.05. The van der Waals surface area contributed by atoms with Crippen LogP contribution in [-0.4, -0.2) is 40.9 Å². The first-order valence-corrected chi connectivity index (χ1v) is 5.54. The van der Waals surface area contributed by atoms with Gasteiger partial charge in [0, 0.05) is 13.1 Å². The van der Waals surface area contributed by atoms with Gasteiger partial charge in [-0.1, -0.05) is 0 Å². The summed E-state index contributed by atoms with van der Waals surface area (Å²) < 4.78 is 5.27. The molecule has 88 valence electrons. The van der Waals surface area contributed by atoms with Crippen molar-refractivity contribution in [2.75, 3.05) is 13.1 Å². The quantitative estimate of drug-likeness (QED) is 0.670. The topological polar surface area (TPSA) is 49.8 Å². The second-order valence-electron chi connectivity index (χ2n) is 5.05. The van der Waals surface area contributed by atoms with E-state index in [2.05, 4.69) is 0 Å². The third kappa shape index (κ3) is 4.51. The molecule has 0 bridgehead atoms. The van der Waals surface area contributed by atoms with E-state index in [9.17, 15) is 9.90 Å². The Hall–Kier alpha value is -0.770. The maximum Gasteiger partial charge on any atom is 0.410 e. The van der Waals surface area contributed by atoms with Crippen molar-refractivity contribution in [1.29, 1.82) is 0 Å².